The zero-order chi connectivity index (χ0) is 29.7. The summed E-state index contributed by atoms with van der Waals surface area (Å²) in [6.07, 6.45) is 17.2. The van der Waals surface area contributed by atoms with Gasteiger partial charge in [-0.1, -0.05) is 81.7 Å². The normalized spacial score (nSPS) is 17.5. The maximum Gasteiger partial charge on any atom is 1.00 e. The van der Waals surface area contributed by atoms with Crippen molar-refractivity contribution in [2.75, 3.05) is 17.8 Å². The molecule has 2 aliphatic carbocycles. The second kappa shape index (κ2) is 19.2. The van der Waals surface area contributed by atoms with E-state index in [1.807, 2.05) is 49.6 Å². The van der Waals surface area contributed by atoms with E-state index in [1.54, 1.807) is 11.8 Å². The van der Waals surface area contributed by atoms with Crippen molar-refractivity contribution in [1.29, 1.82) is 0 Å². The third kappa shape index (κ3) is 11.5. The van der Waals surface area contributed by atoms with Crippen LogP contribution in [0.4, 0.5) is 0 Å². The molecule has 0 bridgehead atoms. The molecule has 0 saturated heterocycles. The van der Waals surface area contributed by atoms with Crippen LogP contribution in [-0.2, 0) is 11.3 Å². The molecule has 2 N–H and O–H groups in total. The molecule has 0 spiro atoms. The Hall–Kier alpha value is -1.36. The average molecular weight is 617 g/mol. The second-order valence-electron chi connectivity index (χ2n) is 12.2. The van der Waals surface area contributed by atoms with Crippen LogP contribution in [0.5, 0.6) is 0 Å². The number of carboxylic acid groups (broad SMARTS) is 1. The van der Waals surface area contributed by atoms with Crippen molar-refractivity contribution in [3.8, 4) is 11.1 Å². The summed E-state index contributed by atoms with van der Waals surface area (Å²) in [5, 5.41) is 19.2. The molecule has 43 heavy (non-hydrogen) atoms. The first-order chi connectivity index (χ1) is 20.4. The summed E-state index contributed by atoms with van der Waals surface area (Å²) in [6, 6.07) is 13.5. The van der Waals surface area contributed by atoms with Gasteiger partial charge >= 0.3 is 18.9 Å². The Labute approximate surface area is 280 Å². The minimum absolute atomic E-state index is 0. The van der Waals surface area contributed by atoms with Gasteiger partial charge < -0.3 is 20.5 Å². The van der Waals surface area contributed by atoms with Gasteiger partial charge in [0.25, 0.3) is 5.91 Å². The second-order valence-corrected chi connectivity index (χ2v) is 14.6. The number of aliphatic carboxylic acids is 1. The van der Waals surface area contributed by atoms with E-state index in [9.17, 15) is 14.7 Å². The molecule has 8 heteroatoms. The predicted octanol–water partition coefficient (Wildman–Crippen LogP) is 3.76. The fourth-order valence-corrected chi connectivity index (χ4v) is 8.40. The van der Waals surface area contributed by atoms with E-state index in [0.717, 1.165) is 45.7 Å². The van der Waals surface area contributed by atoms with Gasteiger partial charge in [-0.2, -0.15) is 23.5 Å². The molecule has 0 aromatic heterocycles. The number of carbonyl (C=O) groups is 2. The van der Waals surface area contributed by atoms with Crippen molar-refractivity contribution in [3.05, 3.63) is 59.2 Å². The van der Waals surface area contributed by atoms with Crippen molar-refractivity contribution in [2.24, 2.45) is 5.92 Å². The number of rotatable bonds is 15. The van der Waals surface area contributed by atoms with E-state index < -0.39 is 12.0 Å². The molecule has 2 saturated carbocycles. The van der Waals surface area contributed by atoms with Crippen molar-refractivity contribution in [2.45, 2.75) is 108 Å². The van der Waals surface area contributed by atoms with Gasteiger partial charge in [0.15, 0.2) is 0 Å². The van der Waals surface area contributed by atoms with Crippen LogP contribution in [0, 0.1) is 12.8 Å². The molecule has 2 aromatic rings. The number of thioether (sulfide) groups is 2. The third-order valence-corrected chi connectivity index (χ3v) is 11.2. The van der Waals surface area contributed by atoms with Gasteiger partial charge in [-0.25, -0.2) is 0 Å². The zero-order valence-electron chi connectivity index (χ0n) is 26.5. The topological polar surface area (TPSA) is 81.3 Å². The van der Waals surface area contributed by atoms with Crippen LogP contribution in [0.2, 0.25) is 0 Å². The van der Waals surface area contributed by atoms with E-state index >= 15 is 0 Å². The third-order valence-electron chi connectivity index (χ3n) is 8.99. The summed E-state index contributed by atoms with van der Waals surface area (Å²) < 4.78 is 0. The van der Waals surface area contributed by atoms with Crippen LogP contribution < -0.4 is 34.6 Å². The van der Waals surface area contributed by atoms with Gasteiger partial charge in [-0.3, -0.25) is 4.79 Å². The minimum Gasteiger partial charge on any atom is -0.548 e. The van der Waals surface area contributed by atoms with Crippen molar-refractivity contribution in [3.63, 3.8) is 0 Å². The molecule has 0 aliphatic heterocycles. The number of carbonyl (C=O) groups excluding carboxylic acids is 2. The van der Waals surface area contributed by atoms with E-state index in [4.69, 9.17) is 0 Å². The number of aryl methyl sites for hydroxylation is 1. The van der Waals surface area contributed by atoms with Crippen LogP contribution >= 0.6 is 23.5 Å². The molecule has 5 nitrogen and oxygen atoms in total. The summed E-state index contributed by atoms with van der Waals surface area (Å²) in [5.41, 5.74) is 4.54. The minimum atomic E-state index is -1.24. The number of nitrogens with one attached hydrogen (secondary N) is 2. The van der Waals surface area contributed by atoms with Crippen molar-refractivity contribution in [1.82, 2.24) is 10.6 Å². The Bertz CT molecular complexity index is 1150. The summed E-state index contributed by atoms with van der Waals surface area (Å²) in [4.78, 5) is 25.2. The molecule has 1 amide bonds. The van der Waals surface area contributed by atoms with Crippen LogP contribution in [0.1, 0.15) is 98.5 Å². The zero-order valence-corrected chi connectivity index (χ0v) is 28.1. The van der Waals surface area contributed by atoms with Gasteiger partial charge in [0.05, 0.1) is 12.0 Å². The number of hydrogen-bond acceptors (Lipinski definition) is 6. The van der Waals surface area contributed by atoms with Crippen molar-refractivity contribution < 1.29 is 33.6 Å². The van der Waals surface area contributed by atoms with E-state index in [2.05, 4.69) is 28.5 Å². The molecule has 0 unspecified atom stereocenters. The molecule has 230 valence electrons. The molecular weight excluding hydrogens is 567 g/mol. The van der Waals surface area contributed by atoms with Gasteiger partial charge in [0.1, 0.15) is 0 Å². The molecule has 0 radical (unpaired) electrons. The SMILES string of the molecule is CSCC[C@H](NC(=O)c1ccc(CN[C@H](CSC2CCCCC2)CC2CCCCC2)cc1-c1ccccc1C)C(=O)[O-].[Li+]. The fraction of sp³-hybridized carbons (Fsp3) is 0.600. The Morgan fingerprint density at radius 3 is 2.33 bits per heavy atom. The Morgan fingerprint density at radius 2 is 1.65 bits per heavy atom. The number of benzene rings is 2. The molecule has 4 rings (SSSR count). The smallest absolute Gasteiger partial charge is 0.548 e. The van der Waals surface area contributed by atoms with Crippen molar-refractivity contribution >= 4 is 35.4 Å². The maximum absolute atomic E-state index is 13.4. The summed E-state index contributed by atoms with van der Waals surface area (Å²) in [7, 11) is 0. The van der Waals surface area contributed by atoms with Crippen LogP contribution in [-0.4, -0.2) is 47.0 Å². The standard InChI is InChI=1S/C35H50N2O3S2.Li/c1-25-11-9-10-16-30(25)32-22-27(17-18-31(32)34(38)37-33(35(39)40)19-20-41-2)23-36-28(21-26-12-5-3-6-13-26)24-42-29-14-7-4-8-15-29;/h9-11,16-18,22,26,28-29,33,36H,3-8,12-15,19-21,23-24H2,1-2H3,(H,37,38)(H,39,40);/q;+1/p-1/t28-,33-;/m0./s1. The number of amides is 1. The first kappa shape index (κ1) is 36.1. The largest absolute Gasteiger partial charge is 1.00 e. The first-order valence-corrected chi connectivity index (χ1v) is 18.4. The maximum atomic E-state index is 13.4. The number of carboxylic acids is 1. The molecule has 2 atom stereocenters. The first-order valence-electron chi connectivity index (χ1n) is 16.0. The van der Waals surface area contributed by atoms with E-state index in [0.29, 0.717) is 23.8 Å². The van der Waals surface area contributed by atoms with Crippen LogP contribution in [0.15, 0.2) is 42.5 Å². The molecule has 0 heterocycles. The summed E-state index contributed by atoms with van der Waals surface area (Å²) in [5.74, 6) is 0.995. The quantitative estimate of drug-likeness (QED) is 0.297. The fourth-order valence-electron chi connectivity index (χ4n) is 6.50. The van der Waals surface area contributed by atoms with Gasteiger partial charge in [0, 0.05) is 29.2 Å². The Kier molecular flexibility index (Phi) is 16.1. The molecule has 2 aromatic carbocycles. The Morgan fingerprint density at radius 1 is 0.953 bits per heavy atom. The predicted molar refractivity (Wildman–Crippen MR) is 177 cm³/mol. The van der Waals surface area contributed by atoms with Gasteiger partial charge in [-0.15, -0.1) is 0 Å². The molecule has 2 aliphatic rings. The van der Waals surface area contributed by atoms with E-state index in [1.165, 1.54) is 70.6 Å². The summed E-state index contributed by atoms with van der Waals surface area (Å²) >= 11 is 3.73. The van der Waals surface area contributed by atoms with Crippen LogP contribution in [0.3, 0.4) is 0 Å². The molecular formula is C35H49LiN2O3S2. The molecule has 2 fully saturated rings. The Balaban J connectivity index is 0.00000506. The van der Waals surface area contributed by atoms with Gasteiger partial charge in [0.2, 0.25) is 0 Å². The van der Waals surface area contributed by atoms with Gasteiger partial charge in [-0.05, 0) is 84.9 Å². The number of hydrogen-bond donors (Lipinski definition) is 2. The summed E-state index contributed by atoms with van der Waals surface area (Å²) in [6.45, 7) is 2.80. The van der Waals surface area contributed by atoms with Crippen LogP contribution in [0.25, 0.3) is 11.1 Å². The monoisotopic (exact) mass is 616 g/mol. The average Bonchev–Trinajstić information content (AvgIpc) is 3.01. The van der Waals surface area contributed by atoms with E-state index in [-0.39, 0.29) is 24.8 Å².